The van der Waals surface area contributed by atoms with Crippen LogP contribution in [0.2, 0.25) is 0 Å². The van der Waals surface area contributed by atoms with Gasteiger partial charge in [0.05, 0.1) is 0 Å². The van der Waals surface area contributed by atoms with Crippen molar-refractivity contribution in [3.63, 3.8) is 0 Å². The van der Waals surface area contributed by atoms with Gasteiger partial charge in [-0.3, -0.25) is 0 Å². The van der Waals surface area contributed by atoms with Gasteiger partial charge in [-0.2, -0.15) is 26.3 Å². The third kappa shape index (κ3) is 14.0. The fourth-order valence-electron chi connectivity index (χ4n) is 0.283. The summed E-state index contributed by atoms with van der Waals surface area (Å²) in [5.41, 5.74) is 0. The van der Waals surface area contributed by atoms with E-state index in [0.717, 1.165) is 0 Å². The molecule has 0 unspecified atom stereocenters. The fourth-order valence-corrected chi connectivity index (χ4v) is 0.283. The van der Waals surface area contributed by atoms with Crippen LogP contribution in [0.1, 0.15) is 19.8 Å². The van der Waals surface area contributed by atoms with Crippen molar-refractivity contribution >= 4 is 0 Å². The Morgan fingerprint density at radius 2 is 1.21 bits per heavy atom. The second-order valence-corrected chi connectivity index (χ2v) is 2.21. The zero-order chi connectivity index (χ0) is 12.0. The van der Waals surface area contributed by atoms with E-state index in [0.29, 0.717) is 0 Å². The summed E-state index contributed by atoms with van der Waals surface area (Å²) in [6.07, 6.45) is -14.0. The molecular formula is C6H8F8. The van der Waals surface area contributed by atoms with Gasteiger partial charge in [-0.15, -0.1) is 0 Å². The maximum atomic E-state index is 11.1. The first-order valence-corrected chi connectivity index (χ1v) is 3.42. The summed E-state index contributed by atoms with van der Waals surface area (Å²) in [5, 5.41) is 0. The monoisotopic (exact) mass is 232 g/mol. The lowest BCUT2D eigenvalue weighted by Crippen LogP contribution is -2.18. The van der Waals surface area contributed by atoms with Crippen molar-refractivity contribution in [1.82, 2.24) is 0 Å². The summed E-state index contributed by atoms with van der Waals surface area (Å²) in [5.74, 6) is 0. The van der Waals surface area contributed by atoms with Crippen LogP contribution >= 0.6 is 0 Å². The highest BCUT2D eigenvalue weighted by atomic mass is 19.4. The first-order chi connectivity index (χ1) is 6.00. The summed E-state index contributed by atoms with van der Waals surface area (Å²) >= 11 is 0. The molecule has 0 N–H and O–H groups in total. The van der Waals surface area contributed by atoms with Crippen LogP contribution in [0, 0.1) is 0 Å². The summed E-state index contributed by atoms with van der Waals surface area (Å²) in [6, 6.07) is 0. The Kier molecular flexibility index (Phi) is 6.84. The molecule has 0 nitrogen and oxygen atoms in total. The molecular weight excluding hydrogens is 224 g/mol. The second kappa shape index (κ2) is 6.02. The highest BCUT2D eigenvalue weighted by molar-refractivity contribution is 4.49. The van der Waals surface area contributed by atoms with E-state index in [1.165, 1.54) is 6.92 Å². The molecule has 0 radical (unpaired) electrons. The molecule has 0 aliphatic carbocycles. The largest absolute Gasteiger partial charge is 0.450 e. The molecule has 0 bridgehead atoms. The third-order valence-corrected chi connectivity index (χ3v) is 0.781. The van der Waals surface area contributed by atoms with Crippen molar-refractivity contribution in [3.8, 4) is 0 Å². The zero-order valence-electron chi connectivity index (χ0n) is 7.02. The van der Waals surface area contributed by atoms with Crippen LogP contribution in [0.5, 0.6) is 0 Å². The van der Waals surface area contributed by atoms with E-state index in [9.17, 15) is 35.1 Å². The van der Waals surface area contributed by atoms with E-state index in [4.69, 9.17) is 0 Å². The fraction of sp³-hybridized carbons (Fsp3) is 1.00. The topological polar surface area (TPSA) is 0 Å². The molecule has 8 heteroatoms. The minimum Gasteiger partial charge on any atom is -0.200 e. The minimum absolute atomic E-state index is 0.184. The lowest BCUT2D eigenvalue weighted by molar-refractivity contribution is -0.219. The van der Waals surface area contributed by atoms with Gasteiger partial charge in [0.15, 0.2) is 0 Å². The van der Waals surface area contributed by atoms with Crippen molar-refractivity contribution in [2.45, 2.75) is 38.5 Å². The molecule has 0 amide bonds. The Hall–Kier alpha value is -0.560. The molecule has 0 aliphatic heterocycles. The highest BCUT2D eigenvalue weighted by Crippen LogP contribution is 2.23. The lowest BCUT2D eigenvalue weighted by atomic mass is 10.3. The Labute approximate surface area is 74.9 Å². The SMILES string of the molecule is CCCC(F)(F)F.FC(F)C(F)(F)F. The van der Waals surface area contributed by atoms with E-state index >= 15 is 0 Å². The Morgan fingerprint density at radius 3 is 1.21 bits per heavy atom. The molecule has 0 heterocycles. The Bertz CT molecular complexity index is 132. The van der Waals surface area contributed by atoms with Gasteiger partial charge in [0, 0.05) is 6.42 Å². The maximum absolute atomic E-state index is 11.1. The molecule has 0 rings (SSSR count). The van der Waals surface area contributed by atoms with Crippen LogP contribution in [-0.2, 0) is 0 Å². The Balaban J connectivity index is 0. The predicted octanol–water partition coefficient (Wildman–Crippen LogP) is 4.16. The molecule has 0 aromatic rings. The quantitative estimate of drug-likeness (QED) is 0.595. The summed E-state index contributed by atoms with van der Waals surface area (Å²) in [4.78, 5) is 0. The van der Waals surface area contributed by atoms with Crippen molar-refractivity contribution in [1.29, 1.82) is 0 Å². The minimum atomic E-state index is -5.33. The number of hydrogen-bond acceptors (Lipinski definition) is 0. The van der Waals surface area contributed by atoms with Gasteiger partial charge in [0.2, 0.25) is 0 Å². The van der Waals surface area contributed by atoms with E-state index < -0.39 is 25.2 Å². The first kappa shape index (κ1) is 15.9. The van der Waals surface area contributed by atoms with Gasteiger partial charge in [-0.1, -0.05) is 6.92 Å². The van der Waals surface area contributed by atoms with Gasteiger partial charge < -0.3 is 0 Å². The molecule has 0 atom stereocenters. The van der Waals surface area contributed by atoms with Crippen molar-refractivity contribution in [3.05, 3.63) is 0 Å². The van der Waals surface area contributed by atoms with Crippen LogP contribution in [-0.4, -0.2) is 18.8 Å². The van der Waals surface area contributed by atoms with E-state index in [-0.39, 0.29) is 6.42 Å². The molecule has 0 spiro atoms. The van der Waals surface area contributed by atoms with Gasteiger partial charge in [-0.05, 0) is 6.42 Å². The molecule has 0 aromatic heterocycles. The number of halogens is 8. The van der Waals surface area contributed by atoms with Gasteiger partial charge >= 0.3 is 18.8 Å². The normalized spacial score (nSPS) is 12.4. The number of alkyl halides is 8. The molecule has 14 heavy (non-hydrogen) atoms. The van der Waals surface area contributed by atoms with Crippen LogP contribution in [0.4, 0.5) is 35.1 Å². The van der Waals surface area contributed by atoms with E-state index in [2.05, 4.69) is 0 Å². The van der Waals surface area contributed by atoms with Crippen molar-refractivity contribution in [2.75, 3.05) is 0 Å². The average molecular weight is 232 g/mol. The molecule has 0 saturated carbocycles. The Morgan fingerprint density at radius 1 is 0.929 bits per heavy atom. The van der Waals surface area contributed by atoms with Gasteiger partial charge in [0.1, 0.15) is 0 Å². The van der Waals surface area contributed by atoms with Crippen LogP contribution in [0.3, 0.4) is 0 Å². The first-order valence-electron chi connectivity index (χ1n) is 3.42. The van der Waals surface area contributed by atoms with E-state index in [1.54, 1.807) is 0 Å². The molecule has 88 valence electrons. The van der Waals surface area contributed by atoms with Gasteiger partial charge in [0.25, 0.3) is 0 Å². The molecule has 0 saturated heterocycles. The molecule has 0 fully saturated rings. The standard InChI is InChI=1S/C4H7F3.C2HF5/c1-2-3-4(5,6)7;3-1(4)2(5,6)7/h2-3H2,1H3;1H. The predicted molar refractivity (Wildman–Crippen MR) is 33.0 cm³/mol. The van der Waals surface area contributed by atoms with Crippen molar-refractivity contribution < 1.29 is 35.1 Å². The highest BCUT2D eigenvalue weighted by Gasteiger charge is 2.40. The van der Waals surface area contributed by atoms with Crippen molar-refractivity contribution in [2.24, 2.45) is 0 Å². The lowest BCUT2D eigenvalue weighted by Gasteiger charge is -2.00. The van der Waals surface area contributed by atoms with Crippen LogP contribution < -0.4 is 0 Å². The van der Waals surface area contributed by atoms with Crippen LogP contribution in [0.15, 0.2) is 0 Å². The summed E-state index contributed by atoms with van der Waals surface area (Å²) in [7, 11) is 0. The summed E-state index contributed by atoms with van der Waals surface area (Å²) < 4.78 is 85.3. The molecule has 0 aliphatic rings. The second-order valence-electron chi connectivity index (χ2n) is 2.21. The number of rotatable bonds is 1. The molecule has 0 aromatic carbocycles. The smallest absolute Gasteiger partial charge is 0.200 e. The van der Waals surface area contributed by atoms with Gasteiger partial charge in [-0.25, -0.2) is 8.78 Å². The average Bonchev–Trinajstić information content (AvgIpc) is 1.82. The third-order valence-electron chi connectivity index (χ3n) is 0.781. The maximum Gasteiger partial charge on any atom is 0.450 e. The zero-order valence-corrected chi connectivity index (χ0v) is 7.02. The summed E-state index contributed by atoms with van der Waals surface area (Å²) in [6.45, 7) is 1.51. The number of hydrogen-bond donors (Lipinski definition) is 0. The van der Waals surface area contributed by atoms with E-state index in [1.807, 2.05) is 0 Å². The van der Waals surface area contributed by atoms with Crippen LogP contribution in [0.25, 0.3) is 0 Å².